The minimum absolute atomic E-state index is 0.0212. The molecule has 2 aromatic carbocycles. The molecule has 3 rings (SSSR count). The molecule has 1 aliphatic rings. The molecular weight excluding hydrogens is 392 g/mol. The number of rotatable bonds is 6. The highest BCUT2D eigenvalue weighted by atomic mass is 32.2. The first-order valence-corrected chi connectivity index (χ1v) is 11.5. The van der Waals surface area contributed by atoms with Crippen molar-refractivity contribution in [2.45, 2.75) is 58.5 Å². The summed E-state index contributed by atoms with van der Waals surface area (Å²) < 4.78 is 0. The molecule has 30 heavy (non-hydrogen) atoms. The Kier molecular flexibility index (Phi) is 6.61. The molecule has 5 heteroatoms. The molecular formula is C25H32N2O2S. The minimum atomic E-state index is -0.284. The smallest absolute Gasteiger partial charge is 0.251 e. The highest BCUT2D eigenvalue weighted by Gasteiger charge is 2.33. The Labute approximate surface area is 184 Å². The van der Waals surface area contributed by atoms with E-state index in [4.69, 9.17) is 0 Å². The average molecular weight is 425 g/mol. The first kappa shape index (κ1) is 22.4. The second kappa shape index (κ2) is 8.84. The van der Waals surface area contributed by atoms with Crippen molar-refractivity contribution < 1.29 is 9.59 Å². The van der Waals surface area contributed by atoms with Crippen LogP contribution in [0.4, 0.5) is 0 Å². The van der Waals surface area contributed by atoms with E-state index in [2.05, 4.69) is 39.9 Å². The van der Waals surface area contributed by atoms with Gasteiger partial charge in [-0.25, -0.2) is 0 Å². The zero-order valence-electron chi connectivity index (χ0n) is 18.6. The van der Waals surface area contributed by atoms with E-state index in [0.29, 0.717) is 17.9 Å². The third-order valence-electron chi connectivity index (χ3n) is 5.05. The lowest BCUT2D eigenvalue weighted by Gasteiger charge is -2.33. The number of carbonyl (C=O) groups excluding carboxylic acids is 2. The summed E-state index contributed by atoms with van der Waals surface area (Å²) >= 11 is 1.64. The van der Waals surface area contributed by atoms with Crippen LogP contribution in [0.1, 0.15) is 67.9 Å². The summed E-state index contributed by atoms with van der Waals surface area (Å²) in [6.45, 7) is 11.3. The van der Waals surface area contributed by atoms with Gasteiger partial charge in [0.05, 0.1) is 5.75 Å². The largest absolute Gasteiger partial charge is 0.347 e. The standard InChI is InChI=1S/C25H32N2O2S/c1-24(2,3)17-25(4,5)26-22(29)19-11-13-20(14-12-19)23-27(21(28)16-30-23)15-18-9-7-6-8-10-18/h6-14,23H,15-17H2,1-5H3,(H,26,29)/t23-/m1/s1. The Morgan fingerprint density at radius 2 is 1.67 bits per heavy atom. The van der Waals surface area contributed by atoms with Crippen LogP contribution >= 0.6 is 11.8 Å². The van der Waals surface area contributed by atoms with E-state index in [-0.39, 0.29) is 28.1 Å². The maximum Gasteiger partial charge on any atom is 0.251 e. The summed E-state index contributed by atoms with van der Waals surface area (Å²) in [5, 5.41) is 3.14. The van der Waals surface area contributed by atoms with Crippen molar-refractivity contribution in [3.8, 4) is 0 Å². The maximum absolute atomic E-state index is 12.8. The fraction of sp³-hybridized carbons (Fsp3) is 0.440. The minimum Gasteiger partial charge on any atom is -0.347 e. The quantitative estimate of drug-likeness (QED) is 0.675. The van der Waals surface area contributed by atoms with Gasteiger partial charge in [-0.05, 0) is 48.9 Å². The van der Waals surface area contributed by atoms with E-state index >= 15 is 0 Å². The number of carbonyl (C=O) groups is 2. The molecule has 0 unspecified atom stereocenters. The second-order valence-electron chi connectivity index (χ2n) is 9.87. The highest BCUT2D eigenvalue weighted by Crippen LogP contribution is 2.39. The van der Waals surface area contributed by atoms with Gasteiger partial charge in [0.25, 0.3) is 5.91 Å². The summed E-state index contributed by atoms with van der Waals surface area (Å²) in [4.78, 5) is 27.1. The van der Waals surface area contributed by atoms with Gasteiger partial charge in [-0.3, -0.25) is 9.59 Å². The molecule has 1 atom stereocenters. The molecule has 1 saturated heterocycles. The predicted molar refractivity (Wildman–Crippen MR) is 124 cm³/mol. The van der Waals surface area contributed by atoms with E-state index in [0.717, 1.165) is 17.5 Å². The fourth-order valence-corrected chi connectivity index (χ4v) is 5.42. The van der Waals surface area contributed by atoms with Crippen LogP contribution in [0, 0.1) is 5.41 Å². The third-order valence-corrected chi connectivity index (χ3v) is 6.30. The Morgan fingerprint density at radius 1 is 1.03 bits per heavy atom. The van der Waals surface area contributed by atoms with Crippen LogP contribution in [0.3, 0.4) is 0 Å². The summed E-state index contributed by atoms with van der Waals surface area (Å²) in [6.07, 6.45) is 0.888. The van der Waals surface area contributed by atoms with Gasteiger partial charge in [0, 0.05) is 17.6 Å². The zero-order valence-corrected chi connectivity index (χ0v) is 19.4. The van der Waals surface area contributed by atoms with Gasteiger partial charge in [0.2, 0.25) is 5.91 Å². The van der Waals surface area contributed by atoms with Gasteiger partial charge >= 0.3 is 0 Å². The van der Waals surface area contributed by atoms with Gasteiger partial charge < -0.3 is 10.2 Å². The number of hydrogen-bond donors (Lipinski definition) is 1. The molecule has 0 saturated carbocycles. The lowest BCUT2D eigenvalue weighted by molar-refractivity contribution is -0.128. The normalized spacial score (nSPS) is 17.3. The Morgan fingerprint density at radius 3 is 2.27 bits per heavy atom. The van der Waals surface area contributed by atoms with Gasteiger partial charge in [-0.15, -0.1) is 11.8 Å². The van der Waals surface area contributed by atoms with Crippen LogP contribution in [-0.2, 0) is 11.3 Å². The van der Waals surface area contributed by atoms with E-state index < -0.39 is 0 Å². The van der Waals surface area contributed by atoms with E-state index in [1.54, 1.807) is 11.8 Å². The summed E-state index contributed by atoms with van der Waals surface area (Å²) in [7, 11) is 0. The first-order valence-electron chi connectivity index (χ1n) is 10.4. The monoisotopic (exact) mass is 424 g/mol. The molecule has 0 bridgehead atoms. The van der Waals surface area contributed by atoms with Gasteiger partial charge in [-0.2, -0.15) is 0 Å². The number of thioether (sulfide) groups is 1. The van der Waals surface area contributed by atoms with Gasteiger partial charge in [-0.1, -0.05) is 63.2 Å². The van der Waals surface area contributed by atoms with E-state index in [9.17, 15) is 9.59 Å². The third kappa shape index (κ3) is 5.88. The number of amides is 2. The average Bonchev–Trinajstić information content (AvgIpc) is 3.01. The van der Waals surface area contributed by atoms with Crippen LogP contribution in [0.2, 0.25) is 0 Å². The van der Waals surface area contributed by atoms with Crippen LogP contribution in [-0.4, -0.2) is 28.0 Å². The molecule has 0 aliphatic carbocycles. The van der Waals surface area contributed by atoms with Crippen molar-refractivity contribution in [1.82, 2.24) is 10.2 Å². The molecule has 0 spiro atoms. The van der Waals surface area contributed by atoms with Gasteiger partial charge in [0.1, 0.15) is 5.37 Å². The first-order chi connectivity index (χ1) is 14.0. The number of nitrogens with one attached hydrogen (secondary N) is 1. The van der Waals surface area contributed by atoms with Crippen molar-refractivity contribution in [1.29, 1.82) is 0 Å². The molecule has 0 aromatic heterocycles. The van der Waals surface area contributed by atoms with Crippen molar-refractivity contribution in [2.75, 3.05) is 5.75 Å². The molecule has 2 aromatic rings. The van der Waals surface area contributed by atoms with Crippen molar-refractivity contribution in [2.24, 2.45) is 5.41 Å². The number of benzene rings is 2. The predicted octanol–water partition coefficient (Wildman–Crippen LogP) is 5.41. The Bertz CT molecular complexity index is 886. The van der Waals surface area contributed by atoms with Crippen LogP contribution < -0.4 is 5.32 Å². The van der Waals surface area contributed by atoms with E-state index in [1.165, 1.54) is 0 Å². The molecule has 1 N–H and O–H groups in total. The zero-order chi connectivity index (χ0) is 21.9. The molecule has 2 amide bonds. The van der Waals surface area contributed by atoms with Crippen LogP contribution in [0.5, 0.6) is 0 Å². The van der Waals surface area contributed by atoms with Gasteiger partial charge in [0.15, 0.2) is 0 Å². The molecule has 1 heterocycles. The highest BCUT2D eigenvalue weighted by molar-refractivity contribution is 8.00. The van der Waals surface area contributed by atoms with Crippen molar-refractivity contribution in [3.63, 3.8) is 0 Å². The number of hydrogen-bond acceptors (Lipinski definition) is 3. The topological polar surface area (TPSA) is 49.4 Å². The van der Waals surface area contributed by atoms with Crippen molar-refractivity contribution >= 4 is 23.6 Å². The van der Waals surface area contributed by atoms with Crippen LogP contribution in [0.15, 0.2) is 54.6 Å². The molecule has 0 radical (unpaired) electrons. The summed E-state index contributed by atoms with van der Waals surface area (Å²) in [5.41, 5.74) is 2.66. The van der Waals surface area contributed by atoms with Crippen LogP contribution in [0.25, 0.3) is 0 Å². The lowest BCUT2D eigenvalue weighted by Crippen LogP contribution is -2.45. The maximum atomic E-state index is 12.8. The fourth-order valence-electron chi connectivity index (χ4n) is 4.23. The summed E-state index contributed by atoms with van der Waals surface area (Å²) in [5.74, 6) is 0.576. The summed E-state index contributed by atoms with van der Waals surface area (Å²) in [6, 6.07) is 17.7. The SMILES string of the molecule is CC(C)(C)CC(C)(C)NC(=O)c1ccc([C@H]2SCC(=O)N2Cc2ccccc2)cc1. The lowest BCUT2D eigenvalue weighted by atomic mass is 9.81. The molecule has 1 fully saturated rings. The molecule has 4 nitrogen and oxygen atoms in total. The molecule has 160 valence electrons. The Balaban J connectivity index is 1.70. The molecule has 1 aliphatic heterocycles. The van der Waals surface area contributed by atoms with Crippen molar-refractivity contribution in [3.05, 3.63) is 71.3 Å². The Hall–Kier alpha value is -2.27. The van der Waals surface area contributed by atoms with E-state index in [1.807, 2.05) is 59.5 Å². The second-order valence-corrected chi connectivity index (χ2v) is 10.9. The number of nitrogens with zero attached hydrogens (tertiary/aromatic N) is 1.